The standard InChI is InChI=1S/C18H19N3/c1-13-7-10-18(20-17(13)12-19)21(2)16-9-8-14-5-3-4-6-15(14)11-16/h3-7,10,16H,8-9,11H2,1-2H3. The van der Waals surface area contributed by atoms with E-state index < -0.39 is 0 Å². The first kappa shape index (κ1) is 13.6. The molecule has 106 valence electrons. The Morgan fingerprint density at radius 1 is 1.19 bits per heavy atom. The van der Waals surface area contributed by atoms with Crippen molar-refractivity contribution in [1.82, 2.24) is 4.98 Å². The van der Waals surface area contributed by atoms with Crippen LogP contribution in [0.1, 0.15) is 28.8 Å². The molecule has 21 heavy (non-hydrogen) atoms. The van der Waals surface area contributed by atoms with E-state index in [4.69, 9.17) is 5.26 Å². The number of pyridine rings is 1. The van der Waals surface area contributed by atoms with Crippen molar-refractivity contribution in [1.29, 1.82) is 5.26 Å². The summed E-state index contributed by atoms with van der Waals surface area (Å²) in [5, 5.41) is 9.13. The van der Waals surface area contributed by atoms with Gasteiger partial charge in [0.05, 0.1) is 0 Å². The molecule has 0 bridgehead atoms. The van der Waals surface area contributed by atoms with Crippen LogP contribution in [-0.2, 0) is 12.8 Å². The molecule has 0 N–H and O–H groups in total. The Bertz CT molecular complexity index is 700. The van der Waals surface area contributed by atoms with Crippen LogP contribution in [0, 0.1) is 18.3 Å². The van der Waals surface area contributed by atoms with Crippen LogP contribution in [0.2, 0.25) is 0 Å². The average molecular weight is 277 g/mol. The van der Waals surface area contributed by atoms with E-state index in [-0.39, 0.29) is 0 Å². The molecule has 1 aromatic heterocycles. The summed E-state index contributed by atoms with van der Waals surface area (Å²) >= 11 is 0. The highest BCUT2D eigenvalue weighted by Gasteiger charge is 2.22. The van der Waals surface area contributed by atoms with Crippen LogP contribution >= 0.6 is 0 Å². The van der Waals surface area contributed by atoms with Crippen LogP contribution in [-0.4, -0.2) is 18.1 Å². The van der Waals surface area contributed by atoms with Gasteiger partial charge in [0.2, 0.25) is 0 Å². The summed E-state index contributed by atoms with van der Waals surface area (Å²) in [6.07, 6.45) is 3.29. The highest BCUT2D eigenvalue weighted by molar-refractivity contribution is 5.46. The van der Waals surface area contributed by atoms with Gasteiger partial charge < -0.3 is 4.90 Å². The van der Waals surface area contributed by atoms with Crippen molar-refractivity contribution in [2.45, 2.75) is 32.2 Å². The minimum atomic E-state index is 0.446. The highest BCUT2D eigenvalue weighted by atomic mass is 15.2. The van der Waals surface area contributed by atoms with Gasteiger partial charge in [-0.2, -0.15) is 5.26 Å². The summed E-state index contributed by atoms with van der Waals surface area (Å²) < 4.78 is 0. The van der Waals surface area contributed by atoms with E-state index in [0.717, 1.165) is 30.6 Å². The molecule has 0 saturated heterocycles. The van der Waals surface area contributed by atoms with Gasteiger partial charge >= 0.3 is 0 Å². The van der Waals surface area contributed by atoms with E-state index in [1.54, 1.807) is 0 Å². The Morgan fingerprint density at radius 2 is 1.95 bits per heavy atom. The fourth-order valence-electron chi connectivity index (χ4n) is 3.02. The molecule has 2 aromatic rings. The zero-order valence-electron chi connectivity index (χ0n) is 12.5. The summed E-state index contributed by atoms with van der Waals surface area (Å²) in [6.45, 7) is 1.92. The molecule has 1 aliphatic carbocycles. The van der Waals surface area contributed by atoms with Gasteiger partial charge in [-0.15, -0.1) is 0 Å². The van der Waals surface area contributed by atoms with Crippen molar-refractivity contribution >= 4 is 5.82 Å². The van der Waals surface area contributed by atoms with E-state index in [2.05, 4.69) is 47.3 Å². The Kier molecular flexibility index (Phi) is 3.62. The minimum absolute atomic E-state index is 0.446. The van der Waals surface area contributed by atoms with E-state index in [0.29, 0.717) is 11.7 Å². The number of hydrogen-bond donors (Lipinski definition) is 0. The lowest BCUT2D eigenvalue weighted by atomic mass is 9.87. The van der Waals surface area contributed by atoms with Gasteiger partial charge in [0, 0.05) is 13.1 Å². The molecule has 3 nitrogen and oxygen atoms in total. The number of rotatable bonds is 2. The fraction of sp³-hybridized carbons (Fsp3) is 0.333. The van der Waals surface area contributed by atoms with Gasteiger partial charge in [-0.25, -0.2) is 4.98 Å². The van der Waals surface area contributed by atoms with E-state index in [1.807, 2.05) is 19.1 Å². The minimum Gasteiger partial charge on any atom is -0.356 e. The molecule has 0 radical (unpaired) electrons. The normalized spacial score (nSPS) is 16.9. The van der Waals surface area contributed by atoms with Crippen molar-refractivity contribution in [3.05, 3.63) is 58.8 Å². The van der Waals surface area contributed by atoms with E-state index in [1.165, 1.54) is 11.1 Å². The lowest BCUT2D eigenvalue weighted by Gasteiger charge is -2.33. The summed E-state index contributed by atoms with van der Waals surface area (Å²) in [7, 11) is 2.08. The van der Waals surface area contributed by atoms with Gasteiger partial charge in [0.15, 0.2) is 0 Å². The van der Waals surface area contributed by atoms with Crippen LogP contribution in [0.3, 0.4) is 0 Å². The van der Waals surface area contributed by atoms with Crippen LogP contribution < -0.4 is 4.90 Å². The van der Waals surface area contributed by atoms with Crippen LogP contribution in [0.5, 0.6) is 0 Å². The van der Waals surface area contributed by atoms with E-state index in [9.17, 15) is 0 Å². The number of anilines is 1. The van der Waals surface area contributed by atoms with Gasteiger partial charge in [0.25, 0.3) is 0 Å². The molecule has 1 heterocycles. The van der Waals surface area contributed by atoms with Crippen LogP contribution in [0.25, 0.3) is 0 Å². The van der Waals surface area contributed by atoms with Gasteiger partial charge in [-0.1, -0.05) is 30.3 Å². The summed E-state index contributed by atoms with van der Waals surface area (Å²) in [4.78, 5) is 6.71. The Morgan fingerprint density at radius 3 is 2.71 bits per heavy atom. The summed E-state index contributed by atoms with van der Waals surface area (Å²) in [6, 6.07) is 15.3. The fourth-order valence-corrected chi connectivity index (χ4v) is 3.02. The Balaban J connectivity index is 1.84. The molecule has 1 aliphatic rings. The predicted octanol–water partition coefficient (Wildman–Crippen LogP) is 3.26. The molecule has 0 fully saturated rings. The third-order valence-electron chi connectivity index (χ3n) is 4.42. The summed E-state index contributed by atoms with van der Waals surface area (Å²) in [5.41, 5.74) is 4.36. The second-order valence-corrected chi connectivity index (χ2v) is 5.72. The van der Waals surface area contributed by atoms with Crippen LogP contribution in [0.4, 0.5) is 5.82 Å². The molecule has 0 spiro atoms. The molecule has 1 aromatic carbocycles. The second-order valence-electron chi connectivity index (χ2n) is 5.72. The maximum Gasteiger partial charge on any atom is 0.145 e. The smallest absolute Gasteiger partial charge is 0.145 e. The number of hydrogen-bond acceptors (Lipinski definition) is 3. The van der Waals surface area contributed by atoms with Crippen molar-refractivity contribution in [3.63, 3.8) is 0 Å². The molecule has 3 rings (SSSR count). The SMILES string of the molecule is Cc1ccc(N(C)C2CCc3ccccc3C2)nc1C#N. The number of likely N-dealkylation sites (N-methyl/N-ethyl adjacent to an activating group) is 1. The number of fused-ring (bicyclic) bond motifs is 1. The third-order valence-corrected chi connectivity index (χ3v) is 4.42. The largest absolute Gasteiger partial charge is 0.356 e. The average Bonchev–Trinajstić information content (AvgIpc) is 2.54. The number of benzene rings is 1. The first-order valence-corrected chi connectivity index (χ1v) is 7.36. The zero-order valence-corrected chi connectivity index (χ0v) is 12.5. The van der Waals surface area contributed by atoms with Crippen LogP contribution in [0.15, 0.2) is 36.4 Å². The van der Waals surface area contributed by atoms with Crippen molar-refractivity contribution in [2.75, 3.05) is 11.9 Å². The molecule has 0 amide bonds. The van der Waals surface area contributed by atoms with Gasteiger partial charge in [-0.3, -0.25) is 0 Å². The Labute approximate surface area is 125 Å². The maximum atomic E-state index is 9.13. The lowest BCUT2D eigenvalue weighted by Crippen LogP contribution is -2.37. The lowest BCUT2D eigenvalue weighted by molar-refractivity contribution is 0.544. The molecule has 0 saturated carbocycles. The predicted molar refractivity (Wildman–Crippen MR) is 84.3 cm³/mol. The van der Waals surface area contributed by atoms with E-state index >= 15 is 0 Å². The molecule has 1 unspecified atom stereocenters. The highest BCUT2D eigenvalue weighted by Crippen LogP contribution is 2.26. The topological polar surface area (TPSA) is 39.9 Å². The van der Waals surface area contributed by atoms with Gasteiger partial charge in [0.1, 0.15) is 17.6 Å². The number of nitriles is 1. The van der Waals surface area contributed by atoms with Crippen molar-refractivity contribution in [2.24, 2.45) is 0 Å². The first-order valence-electron chi connectivity index (χ1n) is 7.36. The molecular formula is C18H19N3. The number of nitrogens with zero attached hydrogens (tertiary/aromatic N) is 3. The number of aryl methyl sites for hydroxylation is 2. The monoisotopic (exact) mass is 277 g/mol. The number of aromatic nitrogens is 1. The molecule has 1 atom stereocenters. The molecule has 3 heteroatoms. The summed E-state index contributed by atoms with van der Waals surface area (Å²) in [5.74, 6) is 0.890. The van der Waals surface area contributed by atoms with Crippen molar-refractivity contribution < 1.29 is 0 Å². The Hall–Kier alpha value is -2.34. The van der Waals surface area contributed by atoms with Crippen molar-refractivity contribution in [3.8, 4) is 6.07 Å². The quantitative estimate of drug-likeness (QED) is 0.846. The zero-order chi connectivity index (χ0) is 14.8. The maximum absolute atomic E-state index is 9.13. The van der Waals surface area contributed by atoms with Gasteiger partial charge in [-0.05, 0) is 48.9 Å². The molecule has 0 aliphatic heterocycles. The third kappa shape index (κ3) is 2.62. The second kappa shape index (κ2) is 5.57. The molecular weight excluding hydrogens is 258 g/mol. The first-order chi connectivity index (χ1) is 10.2.